The number of hydrogen-bond acceptors (Lipinski definition) is 2. The number of hydrogen-bond donors (Lipinski definition) is 2. The van der Waals surface area contributed by atoms with Crippen LogP contribution in [0.4, 0.5) is 5.69 Å². The van der Waals surface area contributed by atoms with E-state index in [2.05, 4.69) is 20.7 Å². The van der Waals surface area contributed by atoms with Crippen LogP contribution in [0, 0.1) is 6.92 Å². The number of anilines is 1. The standard InChI is InChI=1S/C14H17BrN2O2S/c1-10-9-17(7-6-14(10)18)13-5-4-11(8-12(13)15)16-20(2,3)19/h4-9,20H,1-3H3,(H,16,19). The summed E-state index contributed by atoms with van der Waals surface area (Å²) in [4.78, 5) is 11.4. The summed E-state index contributed by atoms with van der Waals surface area (Å²) >= 11 is 3.51. The summed E-state index contributed by atoms with van der Waals surface area (Å²) in [6, 6.07) is 7.20. The third-order valence-electron chi connectivity index (χ3n) is 2.73. The van der Waals surface area contributed by atoms with Crippen molar-refractivity contribution in [2.75, 3.05) is 17.2 Å². The van der Waals surface area contributed by atoms with Crippen molar-refractivity contribution in [1.29, 1.82) is 0 Å². The Kier molecular flexibility index (Phi) is 4.15. The highest BCUT2D eigenvalue weighted by atomic mass is 79.9. The molecular weight excluding hydrogens is 340 g/mol. The molecule has 108 valence electrons. The topological polar surface area (TPSA) is 51.1 Å². The van der Waals surface area contributed by atoms with Gasteiger partial charge in [-0.15, -0.1) is 0 Å². The van der Waals surface area contributed by atoms with Crippen LogP contribution in [0.25, 0.3) is 5.69 Å². The average Bonchev–Trinajstić information content (AvgIpc) is 2.31. The van der Waals surface area contributed by atoms with Gasteiger partial charge in [0.25, 0.3) is 0 Å². The van der Waals surface area contributed by atoms with Gasteiger partial charge in [-0.1, -0.05) is 0 Å². The highest BCUT2D eigenvalue weighted by Crippen LogP contribution is 2.25. The molecule has 0 aliphatic rings. The Morgan fingerprint density at radius 2 is 1.95 bits per heavy atom. The Morgan fingerprint density at radius 1 is 1.25 bits per heavy atom. The molecule has 2 rings (SSSR count). The summed E-state index contributed by atoms with van der Waals surface area (Å²) in [5.74, 6) is 0. The number of nitrogens with one attached hydrogen (secondary N) is 1. The SMILES string of the molecule is Cc1cn(-c2ccc(N[SH](C)(C)=O)cc2Br)ccc1=O. The summed E-state index contributed by atoms with van der Waals surface area (Å²) in [5, 5.41) is 0. The van der Waals surface area contributed by atoms with Crippen molar-refractivity contribution in [3.05, 3.63) is 56.9 Å². The van der Waals surface area contributed by atoms with Crippen LogP contribution in [0.1, 0.15) is 5.56 Å². The third-order valence-corrected chi connectivity index (χ3v) is 4.16. The second-order valence-electron chi connectivity index (χ2n) is 5.03. The van der Waals surface area contributed by atoms with E-state index in [4.69, 9.17) is 0 Å². The largest absolute Gasteiger partial charge is 0.327 e. The number of nitrogens with zero attached hydrogens (tertiary/aromatic N) is 1. The summed E-state index contributed by atoms with van der Waals surface area (Å²) < 4.78 is 17.5. The molecule has 0 aliphatic carbocycles. The lowest BCUT2D eigenvalue weighted by molar-refractivity contribution is 0.682. The van der Waals surface area contributed by atoms with E-state index in [-0.39, 0.29) is 5.43 Å². The van der Waals surface area contributed by atoms with Gasteiger partial charge in [0.05, 0.1) is 5.69 Å². The predicted molar refractivity (Wildman–Crippen MR) is 89.5 cm³/mol. The van der Waals surface area contributed by atoms with E-state index >= 15 is 0 Å². The Bertz CT molecular complexity index is 749. The van der Waals surface area contributed by atoms with Crippen LogP contribution in [-0.4, -0.2) is 21.3 Å². The van der Waals surface area contributed by atoms with E-state index in [1.807, 2.05) is 22.8 Å². The Hall–Kier alpha value is -1.40. The van der Waals surface area contributed by atoms with Crippen LogP contribution < -0.4 is 10.2 Å². The van der Waals surface area contributed by atoms with E-state index in [1.165, 1.54) is 0 Å². The first-order valence-corrected chi connectivity index (χ1v) is 9.48. The van der Waals surface area contributed by atoms with Gasteiger partial charge in [-0.05, 0) is 51.2 Å². The van der Waals surface area contributed by atoms with Crippen molar-refractivity contribution in [2.45, 2.75) is 6.92 Å². The Labute approximate surface area is 127 Å². The van der Waals surface area contributed by atoms with E-state index in [0.717, 1.165) is 15.8 Å². The van der Waals surface area contributed by atoms with Crippen LogP contribution in [0.2, 0.25) is 0 Å². The van der Waals surface area contributed by atoms with Crippen molar-refractivity contribution in [3.8, 4) is 5.69 Å². The lowest BCUT2D eigenvalue weighted by Gasteiger charge is -2.17. The van der Waals surface area contributed by atoms with Crippen molar-refractivity contribution in [3.63, 3.8) is 0 Å². The lowest BCUT2D eigenvalue weighted by Crippen LogP contribution is -2.17. The monoisotopic (exact) mass is 356 g/mol. The molecule has 0 radical (unpaired) electrons. The maximum absolute atomic E-state index is 11.8. The molecule has 0 unspecified atom stereocenters. The second kappa shape index (κ2) is 5.54. The molecule has 0 fully saturated rings. The molecule has 1 heterocycles. The molecule has 20 heavy (non-hydrogen) atoms. The molecule has 6 heteroatoms. The molecule has 0 saturated heterocycles. The van der Waals surface area contributed by atoms with Crippen molar-refractivity contribution in [2.24, 2.45) is 0 Å². The number of thiol groups is 1. The highest BCUT2D eigenvalue weighted by molar-refractivity contribution is 9.10. The van der Waals surface area contributed by atoms with Crippen molar-refractivity contribution < 1.29 is 4.21 Å². The van der Waals surface area contributed by atoms with Gasteiger partial charge in [0.2, 0.25) is 0 Å². The molecule has 4 nitrogen and oxygen atoms in total. The molecule has 1 aromatic carbocycles. The van der Waals surface area contributed by atoms with Crippen LogP contribution >= 0.6 is 15.9 Å². The fraction of sp³-hybridized carbons (Fsp3) is 0.214. The number of halogens is 1. The van der Waals surface area contributed by atoms with Crippen LogP contribution in [0.3, 0.4) is 0 Å². The minimum Gasteiger partial charge on any atom is -0.327 e. The van der Waals surface area contributed by atoms with Crippen molar-refractivity contribution >= 4 is 31.7 Å². The van der Waals surface area contributed by atoms with Crippen molar-refractivity contribution in [1.82, 2.24) is 4.57 Å². The molecule has 0 amide bonds. The summed E-state index contributed by atoms with van der Waals surface area (Å²) in [6.07, 6.45) is 6.88. The number of aryl methyl sites for hydroxylation is 1. The molecular formula is C14H17BrN2O2S. The molecule has 0 spiro atoms. The van der Waals surface area contributed by atoms with Crippen LogP contribution in [0.5, 0.6) is 0 Å². The summed E-state index contributed by atoms with van der Waals surface area (Å²) in [7, 11) is -2.33. The maximum atomic E-state index is 11.8. The Balaban J connectivity index is 2.41. The fourth-order valence-corrected chi connectivity index (χ4v) is 3.19. The zero-order valence-corrected chi connectivity index (χ0v) is 14.0. The van der Waals surface area contributed by atoms with Crippen LogP contribution in [-0.2, 0) is 10.1 Å². The minimum atomic E-state index is -2.33. The van der Waals surface area contributed by atoms with Gasteiger partial charge < -0.3 is 9.29 Å². The van der Waals surface area contributed by atoms with E-state index in [9.17, 15) is 9.00 Å². The third kappa shape index (κ3) is 3.58. The molecule has 0 aliphatic heterocycles. The summed E-state index contributed by atoms with van der Waals surface area (Å²) in [5.41, 5.74) is 2.43. The Morgan fingerprint density at radius 3 is 2.50 bits per heavy atom. The average molecular weight is 357 g/mol. The maximum Gasteiger partial charge on any atom is 0.184 e. The molecule has 1 N–H and O–H groups in total. The van der Waals surface area contributed by atoms with Gasteiger partial charge in [-0.25, -0.2) is 0 Å². The second-order valence-corrected chi connectivity index (χ2v) is 8.81. The zero-order valence-electron chi connectivity index (χ0n) is 11.6. The van der Waals surface area contributed by atoms with Gasteiger partial charge in [-0.3, -0.25) is 9.00 Å². The number of aromatic nitrogens is 1. The molecule has 0 saturated carbocycles. The van der Waals surface area contributed by atoms with Gasteiger partial charge >= 0.3 is 0 Å². The normalized spacial score (nSPS) is 12.2. The quantitative estimate of drug-likeness (QED) is 0.830. The number of benzene rings is 1. The first-order valence-electron chi connectivity index (χ1n) is 6.08. The van der Waals surface area contributed by atoms with Gasteiger partial charge in [0.15, 0.2) is 5.43 Å². The minimum absolute atomic E-state index is 0.0218. The van der Waals surface area contributed by atoms with E-state index < -0.39 is 10.1 Å². The van der Waals surface area contributed by atoms with Gasteiger partial charge in [0, 0.05) is 46.7 Å². The first kappa shape index (κ1) is 15.0. The van der Waals surface area contributed by atoms with E-state index in [1.54, 1.807) is 37.9 Å². The zero-order chi connectivity index (χ0) is 14.9. The highest BCUT2D eigenvalue weighted by Gasteiger charge is 2.06. The summed E-state index contributed by atoms with van der Waals surface area (Å²) in [6.45, 7) is 1.78. The first-order chi connectivity index (χ1) is 9.26. The fourth-order valence-electron chi connectivity index (χ4n) is 1.84. The number of pyridine rings is 1. The van der Waals surface area contributed by atoms with Crippen LogP contribution in [0.15, 0.2) is 45.9 Å². The number of rotatable bonds is 3. The molecule has 1 aromatic heterocycles. The van der Waals surface area contributed by atoms with E-state index in [0.29, 0.717) is 5.56 Å². The molecule has 2 aromatic rings. The molecule has 0 bridgehead atoms. The smallest absolute Gasteiger partial charge is 0.184 e. The molecule has 0 atom stereocenters. The lowest BCUT2D eigenvalue weighted by atomic mass is 10.2. The van der Waals surface area contributed by atoms with Gasteiger partial charge in [0.1, 0.15) is 0 Å². The predicted octanol–water partition coefficient (Wildman–Crippen LogP) is 2.51. The van der Waals surface area contributed by atoms with Gasteiger partial charge in [-0.2, -0.15) is 0 Å².